The van der Waals surface area contributed by atoms with E-state index in [4.69, 9.17) is 4.98 Å². The molecule has 0 aliphatic carbocycles. The van der Waals surface area contributed by atoms with Crippen molar-refractivity contribution in [3.63, 3.8) is 0 Å². The topological polar surface area (TPSA) is 37.8 Å². The third kappa shape index (κ3) is 3.57. The quantitative estimate of drug-likeness (QED) is 0.891. The maximum atomic E-state index is 4.75. The van der Waals surface area contributed by atoms with Gasteiger partial charge in [-0.05, 0) is 19.4 Å². The van der Waals surface area contributed by atoms with E-state index in [2.05, 4.69) is 56.4 Å². The van der Waals surface area contributed by atoms with Crippen molar-refractivity contribution in [1.82, 2.24) is 9.97 Å². The molecule has 0 aliphatic heterocycles. The van der Waals surface area contributed by atoms with Gasteiger partial charge in [0, 0.05) is 33.8 Å². The molecule has 2 heterocycles. The zero-order valence-corrected chi connectivity index (χ0v) is 13.8. The number of rotatable bonds is 4. The fourth-order valence-corrected chi connectivity index (χ4v) is 2.55. The third-order valence-corrected chi connectivity index (χ3v) is 3.84. The number of aryl methyl sites for hydroxylation is 1. The molecule has 2 aromatic heterocycles. The molecule has 20 heavy (non-hydrogen) atoms. The maximum Gasteiger partial charge on any atom is 0.136 e. The Morgan fingerprint density at radius 2 is 1.95 bits per heavy atom. The van der Waals surface area contributed by atoms with E-state index in [1.165, 1.54) is 10.4 Å². The van der Waals surface area contributed by atoms with Crippen LogP contribution in [0.25, 0.3) is 11.3 Å². The Labute approximate surface area is 125 Å². The largest absolute Gasteiger partial charge is 0.370 e. The summed E-state index contributed by atoms with van der Waals surface area (Å²) in [5.41, 5.74) is 2.14. The Morgan fingerprint density at radius 3 is 2.50 bits per heavy atom. The molecule has 108 valence electrons. The predicted octanol–water partition coefficient (Wildman–Crippen LogP) is 4.63. The van der Waals surface area contributed by atoms with E-state index in [1.807, 2.05) is 6.07 Å². The summed E-state index contributed by atoms with van der Waals surface area (Å²) in [5.74, 6) is 1.81. The van der Waals surface area contributed by atoms with Crippen LogP contribution in [0.4, 0.5) is 5.82 Å². The Hall–Kier alpha value is -1.42. The molecule has 4 heteroatoms. The monoisotopic (exact) mass is 289 g/mol. The van der Waals surface area contributed by atoms with Gasteiger partial charge in [0.2, 0.25) is 0 Å². The minimum Gasteiger partial charge on any atom is -0.370 e. The van der Waals surface area contributed by atoms with Gasteiger partial charge in [-0.15, -0.1) is 11.3 Å². The minimum absolute atomic E-state index is 0.0519. The lowest BCUT2D eigenvalue weighted by Crippen LogP contribution is -2.18. The van der Waals surface area contributed by atoms with Gasteiger partial charge in [-0.2, -0.15) is 0 Å². The van der Waals surface area contributed by atoms with Crippen molar-refractivity contribution in [3.05, 3.63) is 28.2 Å². The maximum absolute atomic E-state index is 4.75. The molecule has 0 bridgehead atoms. The zero-order valence-electron chi connectivity index (χ0n) is 12.9. The lowest BCUT2D eigenvalue weighted by Gasteiger charge is -2.18. The highest BCUT2D eigenvalue weighted by Gasteiger charge is 2.19. The van der Waals surface area contributed by atoms with E-state index in [0.29, 0.717) is 0 Å². The standard InChI is InChI=1S/C16H23N3S/c1-6-7-17-14-9-13(12-8-11(2)20-10-12)18-15(19-14)16(3,4)5/h8-10H,6-7H2,1-5H3,(H,17,18,19). The summed E-state index contributed by atoms with van der Waals surface area (Å²) < 4.78 is 0. The second-order valence-electron chi connectivity index (χ2n) is 6.08. The summed E-state index contributed by atoms with van der Waals surface area (Å²) in [7, 11) is 0. The van der Waals surface area contributed by atoms with Crippen LogP contribution in [0.5, 0.6) is 0 Å². The van der Waals surface area contributed by atoms with Gasteiger partial charge < -0.3 is 5.32 Å². The molecule has 0 saturated heterocycles. The van der Waals surface area contributed by atoms with Crippen molar-refractivity contribution in [2.24, 2.45) is 0 Å². The van der Waals surface area contributed by atoms with Crippen LogP contribution in [0.2, 0.25) is 0 Å². The molecule has 0 saturated carbocycles. The summed E-state index contributed by atoms with van der Waals surface area (Å²) >= 11 is 1.76. The molecule has 0 radical (unpaired) electrons. The van der Waals surface area contributed by atoms with E-state index in [-0.39, 0.29) is 5.41 Å². The molecule has 3 nitrogen and oxygen atoms in total. The molecule has 0 spiro atoms. The molecule has 0 fully saturated rings. The van der Waals surface area contributed by atoms with Crippen LogP contribution in [0.1, 0.15) is 44.8 Å². The van der Waals surface area contributed by atoms with E-state index in [0.717, 1.165) is 30.3 Å². The SMILES string of the molecule is CCCNc1cc(-c2csc(C)c2)nc(C(C)(C)C)n1. The van der Waals surface area contributed by atoms with Crippen molar-refractivity contribution in [2.75, 3.05) is 11.9 Å². The first-order valence-electron chi connectivity index (χ1n) is 7.09. The van der Waals surface area contributed by atoms with Crippen LogP contribution in [0, 0.1) is 6.92 Å². The number of anilines is 1. The van der Waals surface area contributed by atoms with Gasteiger partial charge in [0.1, 0.15) is 11.6 Å². The van der Waals surface area contributed by atoms with Crippen LogP contribution in [-0.4, -0.2) is 16.5 Å². The molecule has 2 aromatic rings. The summed E-state index contributed by atoms with van der Waals surface area (Å²) in [6, 6.07) is 4.23. The van der Waals surface area contributed by atoms with Crippen LogP contribution >= 0.6 is 11.3 Å². The number of aromatic nitrogens is 2. The third-order valence-electron chi connectivity index (χ3n) is 2.98. The van der Waals surface area contributed by atoms with Gasteiger partial charge in [0.05, 0.1) is 5.69 Å². The fraction of sp³-hybridized carbons (Fsp3) is 0.500. The highest BCUT2D eigenvalue weighted by atomic mass is 32.1. The number of thiophene rings is 1. The van der Waals surface area contributed by atoms with Crippen LogP contribution < -0.4 is 5.32 Å². The molecule has 0 atom stereocenters. The van der Waals surface area contributed by atoms with E-state index in [1.54, 1.807) is 11.3 Å². The number of hydrogen-bond acceptors (Lipinski definition) is 4. The molecule has 0 amide bonds. The predicted molar refractivity (Wildman–Crippen MR) is 87.6 cm³/mol. The van der Waals surface area contributed by atoms with Gasteiger partial charge in [0.25, 0.3) is 0 Å². The minimum atomic E-state index is -0.0519. The lowest BCUT2D eigenvalue weighted by atomic mass is 9.95. The van der Waals surface area contributed by atoms with E-state index >= 15 is 0 Å². The number of hydrogen-bond donors (Lipinski definition) is 1. The highest BCUT2D eigenvalue weighted by molar-refractivity contribution is 7.10. The van der Waals surface area contributed by atoms with Crippen molar-refractivity contribution in [2.45, 2.75) is 46.5 Å². The van der Waals surface area contributed by atoms with Crippen molar-refractivity contribution in [1.29, 1.82) is 0 Å². The van der Waals surface area contributed by atoms with Gasteiger partial charge in [0.15, 0.2) is 0 Å². The Balaban J connectivity index is 2.45. The van der Waals surface area contributed by atoms with Gasteiger partial charge in [-0.25, -0.2) is 9.97 Å². The smallest absolute Gasteiger partial charge is 0.136 e. The molecular weight excluding hydrogens is 266 g/mol. The molecule has 0 aromatic carbocycles. The summed E-state index contributed by atoms with van der Waals surface area (Å²) in [6.07, 6.45) is 1.09. The first-order valence-corrected chi connectivity index (χ1v) is 7.97. The molecule has 0 unspecified atom stereocenters. The van der Waals surface area contributed by atoms with E-state index < -0.39 is 0 Å². The normalized spacial score (nSPS) is 11.7. The highest BCUT2D eigenvalue weighted by Crippen LogP contribution is 2.28. The second kappa shape index (κ2) is 5.92. The Morgan fingerprint density at radius 1 is 1.20 bits per heavy atom. The Kier molecular flexibility index (Phi) is 4.43. The van der Waals surface area contributed by atoms with Crippen molar-refractivity contribution >= 4 is 17.2 Å². The second-order valence-corrected chi connectivity index (χ2v) is 7.20. The molecule has 2 rings (SSSR count). The average molecular weight is 289 g/mol. The lowest BCUT2D eigenvalue weighted by molar-refractivity contribution is 0.546. The summed E-state index contributed by atoms with van der Waals surface area (Å²) in [5, 5.41) is 5.54. The van der Waals surface area contributed by atoms with Crippen molar-refractivity contribution < 1.29 is 0 Å². The Bertz CT molecular complexity index is 582. The average Bonchev–Trinajstić information content (AvgIpc) is 2.82. The summed E-state index contributed by atoms with van der Waals surface area (Å²) in [4.78, 5) is 10.7. The van der Waals surface area contributed by atoms with Crippen LogP contribution in [0.3, 0.4) is 0 Å². The molecule has 1 N–H and O–H groups in total. The van der Waals surface area contributed by atoms with Gasteiger partial charge in [-0.3, -0.25) is 0 Å². The molecule has 0 aliphatic rings. The first kappa shape index (κ1) is 15.0. The van der Waals surface area contributed by atoms with E-state index in [9.17, 15) is 0 Å². The summed E-state index contributed by atoms with van der Waals surface area (Å²) in [6.45, 7) is 11.7. The number of nitrogens with zero attached hydrogens (tertiary/aromatic N) is 2. The van der Waals surface area contributed by atoms with Crippen LogP contribution in [0.15, 0.2) is 17.5 Å². The first-order chi connectivity index (χ1) is 9.40. The zero-order chi connectivity index (χ0) is 14.8. The number of nitrogens with one attached hydrogen (secondary N) is 1. The van der Waals surface area contributed by atoms with Gasteiger partial charge in [-0.1, -0.05) is 27.7 Å². The van der Waals surface area contributed by atoms with Crippen LogP contribution in [-0.2, 0) is 5.41 Å². The fourth-order valence-electron chi connectivity index (χ4n) is 1.85. The van der Waals surface area contributed by atoms with Gasteiger partial charge >= 0.3 is 0 Å². The van der Waals surface area contributed by atoms with Crippen molar-refractivity contribution in [3.8, 4) is 11.3 Å². The molecular formula is C16H23N3S.